The van der Waals surface area contributed by atoms with Gasteiger partial charge < -0.3 is 15.0 Å². The quantitative estimate of drug-likeness (QED) is 0.918. The van der Waals surface area contributed by atoms with Gasteiger partial charge in [0, 0.05) is 25.5 Å². The minimum atomic E-state index is -0.356. The maximum absolute atomic E-state index is 12.5. The molecule has 1 atom stereocenters. The second-order valence-electron chi connectivity index (χ2n) is 5.83. The molecule has 1 fully saturated rings. The fourth-order valence-electron chi connectivity index (χ4n) is 2.82. The van der Waals surface area contributed by atoms with Crippen molar-refractivity contribution in [3.8, 4) is 5.82 Å². The van der Waals surface area contributed by atoms with Gasteiger partial charge in [-0.25, -0.2) is 14.5 Å². The average molecular weight is 343 g/mol. The second kappa shape index (κ2) is 7.78. The van der Waals surface area contributed by atoms with Crippen molar-refractivity contribution >= 4 is 17.7 Å². The number of hydrogen-bond acceptors (Lipinski definition) is 5. The third-order valence-corrected chi connectivity index (χ3v) is 4.07. The van der Waals surface area contributed by atoms with Crippen LogP contribution in [0.5, 0.6) is 0 Å². The molecular weight excluding hydrogens is 322 g/mol. The lowest BCUT2D eigenvalue weighted by atomic mass is 9.97. The number of nitrogens with zero attached hydrogens (tertiary/aromatic N) is 4. The number of piperidine rings is 1. The third-order valence-electron chi connectivity index (χ3n) is 4.07. The summed E-state index contributed by atoms with van der Waals surface area (Å²) < 4.78 is 6.66. The van der Waals surface area contributed by atoms with Gasteiger partial charge in [0.1, 0.15) is 0 Å². The Kier molecular flexibility index (Phi) is 5.27. The number of amides is 2. The predicted molar refractivity (Wildman–Crippen MR) is 91.3 cm³/mol. The maximum Gasteiger partial charge on any atom is 0.409 e. The Morgan fingerprint density at radius 2 is 2.28 bits per heavy atom. The molecule has 3 heterocycles. The summed E-state index contributed by atoms with van der Waals surface area (Å²) in [6.45, 7) is 3.11. The van der Waals surface area contributed by atoms with Gasteiger partial charge in [0.15, 0.2) is 5.82 Å². The molecule has 25 heavy (non-hydrogen) atoms. The lowest BCUT2D eigenvalue weighted by molar-refractivity contribution is -0.121. The van der Waals surface area contributed by atoms with Crippen molar-refractivity contribution in [2.24, 2.45) is 5.92 Å². The lowest BCUT2D eigenvalue weighted by Crippen LogP contribution is -2.44. The summed E-state index contributed by atoms with van der Waals surface area (Å²) in [4.78, 5) is 30.2. The van der Waals surface area contributed by atoms with Crippen molar-refractivity contribution in [3.05, 3.63) is 36.8 Å². The largest absolute Gasteiger partial charge is 0.450 e. The number of anilines is 1. The summed E-state index contributed by atoms with van der Waals surface area (Å²) in [6, 6.07) is 5.39. The molecule has 1 saturated heterocycles. The van der Waals surface area contributed by atoms with E-state index in [1.165, 1.54) is 0 Å². The van der Waals surface area contributed by atoms with Gasteiger partial charge in [0.2, 0.25) is 5.91 Å². The van der Waals surface area contributed by atoms with Crippen LogP contribution in [0.4, 0.5) is 10.5 Å². The van der Waals surface area contributed by atoms with E-state index >= 15 is 0 Å². The molecule has 1 N–H and O–H groups in total. The van der Waals surface area contributed by atoms with E-state index in [0.717, 1.165) is 12.8 Å². The first-order valence-electron chi connectivity index (χ1n) is 8.36. The Morgan fingerprint density at radius 3 is 2.96 bits per heavy atom. The second-order valence-corrected chi connectivity index (χ2v) is 5.83. The minimum absolute atomic E-state index is 0.109. The molecule has 0 spiro atoms. The summed E-state index contributed by atoms with van der Waals surface area (Å²) in [6.07, 6.45) is 6.25. The van der Waals surface area contributed by atoms with E-state index in [4.69, 9.17) is 4.74 Å². The van der Waals surface area contributed by atoms with Crippen LogP contribution in [-0.2, 0) is 9.53 Å². The topological polar surface area (TPSA) is 89.4 Å². The lowest BCUT2D eigenvalue weighted by Gasteiger charge is -2.31. The smallest absolute Gasteiger partial charge is 0.409 e. The molecule has 132 valence electrons. The number of ether oxygens (including phenoxy) is 1. The van der Waals surface area contributed by atoms with Crippen molar-refractivity contribution in [3.63, 3.8) is 0 Å². The monoisotopic (exact) mass is 343 g/mol. The molecular formula is C17H21N5O3. The van der Waals surface area contributed by atoms with E-state index in [1.54, 1.807) is 47.2 Å². The molecule has 2 amide bonds. The summed E-state index contributed by atoms with van der Waals surface area (Å²) in [7, 11) is 0. The number of pyridine rings is 1. The fraction of sp³-hybridized carbons (Fsp3) is 0.412. The van der Waals surface area contributed by atoms with Gasteiger partial charge in [0.05, 0.1) is 24.4 Å². The highest BCUT2D eigenvalue weighted by Crippen LogP contribution is 2.19. The van der Waals surface area contributed by atoms with Crippen LogP contribution in [0.1, 0.15) is 19.8 Å². The number of nitrogens with one attached hydrogen (secondary N) is 1. The Bertz CT molecular complexity index is 714. The average Bonchev–Trinajstić information content (AvgIpc) is 3.17. The molecule has 1 aliphatic heterocycles. The van der Waals surface area contributed by atoms with Crippen molar-refractivity contribution in [2.45, 2.75) is 19.8 Å². The number of carbonyl (C=O) groups is 2. The van der Waals surface area contributed by atoms with Crippen LogP contribution in [0.2, 0.25) is 0 Å². The molecule has 2 aromatic heterocycles. The van der Waals surface area contributed by atoms with Crippen LogP contribution in [0.25, 0.3) is 5.82 Å². The molecule has 0 aliphatic carbocycles. The summed E-state index contributed by atoms with van der Waals surface area (Å²) in [5.41, 5.74) is 0.620. The first-order chi connectivity index (χ1) is 12.2. The normalized spacial score (nSPS) is 17.2. The van der Waals surface area contributed by atoms with Crippen LogP contribution in [0.15, 0.2) is 36.8 Å². The number of carbonyl (C=O) groups excluding carboxylic acids is 2. The van der Waals surface area contributed by atoms with Crippen molar-refractivity contribution in [1.82, 2.24) is 19.7 Å². The highest BCUT2D eigenvalue weighted by Gasteiger charge is 2.29. The van der Waals surface area contributed by atoms with Crippen molar-refractivity contribution < 1.29 is 14.3 Å². The highest BCUT2D eigenvalue weighted by molar-refractivity contribution is 5.92. The summed E-state index contributed by atoms with van der Waals surface area (Å²) >= 11 is 0. The van der Waals surface area contributed by atoms with Crippen LogP contribution < -0.4 is 5.32 Å². The van der Waals surface area contributed by atoms with Gasteiger partial charge in [-0.05, 0) is 38.0 Å². The molecule has 8 nitrogen and oxygen atoms in total. The zero-order valence-corrected chi connectivity index (χ0v) is 14.1. The van der Waals surface area contributed by atoms with E-state index in [9.17, 15) is 9.59 Å². The Labute approximate surface area is 145 Å². The molecule has 3 rings (SSSR count). The maximum atomic E-state index is 12.5. The van der Waals surface area contributed by atoms with Gasteiger partial charge in [-0.2, -0.15) is 5.10 Å². The van der Waals surface area contributed by atoms with Crippen molar-refractivity contribution in [2.75, 3.05) is 25.0 Å². The Balaban J connectivity index is 1.59. The van der Waals surface area contributed by atoms with Crippen LogP contribution in [-0.4, -0.2) is 51.4 Å². The highest BCUT2D eigenvalue weighted by atomic mass is 16.6. The molecule has 1 aliphatic rings. The van der Waals surface area contributed by atoms with E-state index in [1.807, 2.05) is 6.07 Å². The predicted octanol–water partition coefficient (Wildman–Crippen LogP) is 2.07. The van der Waals surface area contributed by atoms with E-state index < -0.39 is 0 Å². The van der Waals surface area contributed by atoms with Crippen LogP contribution in [0, 0.1) is 5.92 Å². The van der Waals surface area contributed by atoms with Gasteiger partial charge >= 0.3 is 6.09 Å². The van der Waals surface area contributed by atoms with Gasteiger partial charge in [-0.1, -0.05) is 0 Å². The Hall–Kier alpha value is -2.90. The number of rotatable bonds is 4. The van der Waals surface area contributed by atoms with Gasteiger partial charge in [0.25, 0.3) is 0 Å². The Morgan fingerprint density at radius 1 is 1.40 bits per heavy atom. The molecule has 8 heteroatoms. The van der Waals surface area contributed by atoms with E-state index in [2.05, 4.69) is 15.4 Å². The molecule has 2 aromatic rings. The van der Waals surface area contributed by atoms with Crippen molar-refractivity contribution in [1.29, 1.82) is 0 Å². The zero-order chi connectivity index (χ0) is 17.6. The SMILES string of the molecule is CCOC(=O)N1CCC[C@@H](C(=O)Nc2ccc(-n3cccn3)nc2)C1. The summed E-state index contributed by atoms with van der Waals surface area (Å²) in [5, 5.41) is 6.97. The van der Waals surface area contributed by atoms with E-state index in [-0.39, 0.29) is 17.9 Å². The molecule has 0 bridgehead atoms. The first-order valence-corrected chi connectivity index (χ1v) is 8.36. The minimum Gasteiger partial charge on any atom is -0.450 e. The fourth-order valence-corrected chi connectivity index (χ4v) is 2.82. The molecule has 0 saturated carbocycles. The molecule has 0 radical (unpaired) electrons. The number of likely N-dealkylation sites (tertiary alicyclic amines) is 1. The zero-order valence-electron chi connectivity index (χ0n) is 14.1. The first kappa shape index (κ1) is 16.9. The third kappa shape index (κ3) is 4.14. The van der Waals surface area contributed by atoms with Gasteiger partial charge in [-0.15, -0.1) is 0 Å². The van der Waals surface area contributed by atoms with Gasteiger partial charge in [-0.3, -0.25) is 4.79 Å². The standard InChI is InChI=1S/C17H21N5O3/c1-2-25-17(24)21-9-3-5-13(12-21)16(23)20-14-6-7-15(18-11-14)22-10-4-8-19-22/h4,6-8,10-11,13H,2-3,5,9,12H2,1H3,(H,20,23)/t13-/m1/s1. The number of aromatic nitrogens is 3. The molecule has 0 unspecified atom stereocenters. The summed E-state index contributed by atoms with van der Waals surface area (Å²) in [5.74, 6) is 0.320. The van der Waals surface area contributed by atoms with E-state index in [0.29, 0.717) is 31.2 Å². The van der Waals surface area contributed by atoms with Crippen LogP contribution >= 0.6 is 0 Å². The number of hydrogen-bond donors (Lipinski definition) is 1. The van der Waals surface area contributed by atoms with Crippen LogP contribution in [0.3, 0.4) is 0 Å². The molecule has 0 aromatic carbocycles.